The van der Waals surface area contributed by atoms with Gasteiger partial charge in [0.15, 0.2) is 5.96 Å². The Kier molecular flexibility index (Phi) is 6.07. The molecular weight excluding hydrogens is 308 g/mol. The zero-order chi connectivity index (χ0) is 17.5. The van der Waals surface area contributed by atoms with Crippen LogP contribution in [0.15, 0.2) is 59.6 Å². The number of anilines is 1. The number of rotatable bonds is 5. The molecule has 0 bridgehead atoms. The van der Waals surface area contributed by atoms with E-state index in [1.165, 1.54) is 37.1 Å². The molecule has 0 aromatic heterocycles. The molecule has 1 heterocycles. The average molecular weight is 336 g/mol. The predicted molar refractivity (Wildman–Crippen MR) is 106 cm³/mol. The van der Waals surface area contributed by atoms with Gasteiger partial charge < -0.3 is 11.1 Å². The molecule has 0 saturated carbocycles. The van der Waals surface area contributed by atoms with Crippen LogP contribution in [0, 0.1) is 5.92 Å². The number of hydrogen-bond acceptors (Lipinski definition) is 2. The third kappa shape index (κ3) is 5.61. The number of nitrogens with two attached hydrogens (primary N) is 1. The van der Waals surface area contributed by atoms with Gasteiger partial charge in [0.1, 0.15) is 0 Å². The van der Waals surface area contributed by atoms with Crippen LogP contribution in [0.2, 0.25) is 0 Å². The van der Waals surface area contributed by atoms with Gasteiger partial charge in [-0.25, -0.2) is 4.99 Å². The lowest BCUT2D eigenvalue weighted by atomic mass is 9.99. The molecule has 1 fully saturated rings. The SMILES string of the molecule is CC1CCN(Cc2ccc(CN=C(N)Nc3ccccc3)cc2)CC1. The molecule has 3 N–H and O–H groups in total. The van der Waals surface area contributed by atoms with Crippen LogP contribution < -0.4 is 11.1 Å². The second kappa shape index (κ2) is 8.67. The summed E-state index contributed by atoms with van der Waals surface area (Å²) >= 11 is 0. The minimum atomic E-state index is 0.442. The van der Waals surface area contributed by atoms with Crippen LogP contribution in [-0.4, -0.2) is 23.9 Å². The molecule has 25 heavy (non-hydrogen) atoms. The van der Waals surface area contributed by atoms with Crippen molar-refractivity contribution in [2.75, 3.05) is 18.4 Å². The van der Waals surface area contributed by atoms with Crippen molar-refractivity contribution in [1.82, 2.24) is 4.90 Å². The number of likely N-dealkylation sites (tertiary alicyclic amines) is 1. The van der Waals surface area contributed by atoms with Crippen molar-refractivity contribution in [3.63, 3.8) is 0 Å². The molecule has 132 valence electrons. The molecule has 0 amide bonds. The van der Waals surface area contributed by atoms with Gasteiger partial charge in [-0.3, -0.25) is 4.90 Å². The van der Waals surface area contributed by atoms with Crippen molar-refractivity contribution in [3.8, 4) is 0 Å². The van der Waals surface area contributed by atoms with Gasteiger partial charge in [0.05, 0.1) is 6.54 Å². The monoisotopic (exact) mass is 336 g/mol. The number of nitrogens with zero attached hydrogens (tertiary/aromatic N) is 2. The Labute approximate surface area is 150 Å². The van der Waals surface area contributed by atoms with Gasteiger partial charge in [0.25, 0.3) is 0 Å². The quantitative estimate of drug-likeness (QED) is 0.644. The van der Waals surface area contributed by atoms with Crippen LogP contribution in [0.3, 0.4) is 0 Å². The van der Waals surface area contributed by atoms with Gasteiger partial charge in [0, 0.05) is 12.2 Å². The highest BCUT2D eigenvalue weighted by Crippen LogP contribution is 2.18. The largest absolute Gasteiger partial charge is 0.370 e. The summed E-state index contributed by atoms with van der Waals surface area (Å²) in [4.78, 5) is 6.97. The molecule has 4 nitrogen and oxygen atoms in total. The van der Waals surface area contributed by atoms with Crippen LogP contribution in [-0.2, 0) is 13.1 Å². The van der Waals surface area contributed by atoms with Crippen molar-refractivity contribution in [1.29, 1.82) is 0 Å². The molecule has 0 spiro atoms. The van der Waals surface area contributed by atoms with Crippen LogP contribution in [0.4, 0.5) is 5.69 Å². The molecule has 2 aromatic rings. The lowest BCUT2D eigenvalue weighted by Gasteiger charge is -2.30. The number of guanidine groups is 1. The number of aliphatic imine (C=N–C) groups is 1. The van der Waals surface area contributed by atoms with Crippen molar-refractivity contribution in [2.45, 2.75) is 32.9 Å². The Morgan fingerprint density at radius 3 is 2.36 bits per heavy atom. The van der Waals surface area contributed by atoms with E-state index < -0.39 is 0 Å². The molecule has 2 aromatic carbocycles. The fourth-order valence-electron chi connectivity index (χ4n) is 3.11. The highest BCUT2D eigenvalue weighted by Gasteiger charge is 2.15. The lowest BCUT2D eigenvalue weighted by molar-refractivity contribution is 0.185. The average Bonchev–Trinajstić information content (AvgIpc) is 2.64. The third-order valence-electron chi connectivity index (χ3n) is 4.78. The molecule has 1 aliphatic rings. The molecule has 0 unspecified atom stereocenters. The Bertz CT molecular complexity index is 671. The van der Waals surface area contributed by atoms with Gasteiger partial charge in [-0.05, 0) is 55.1 Å². The van der Waals surface area contributed by atoms with E-state index >= 15 is 0 Å². The zero-order valence-corrected chi connectivity index (χ0v) is 15.0. The first kappa shape index (κ1) is 17.5. The smallest absolute Gasteiger partial charge is 0.193 e. The van der Waals surface area contributed by atoms with E-state index in [4.69, 9.17) is 5.73 Å². The minimum absolute atomic E-state index is 0.442. The van der Waals surface area contributed by atoms with Gasteiger partial charge in [-0.15, -0.1) is 0 Å². The van der Waals surface area contributed by atoms with Crippen LogP contribution in [0.5, 0.6) is 0 Å². The zero-order valence-electron chi connectivity index (χ0n) is 15.0. The number of benzene rings is 2. The van der Waals surface area contributed by atoms with Gasteiger partial charge in [-0.1, -0.05) is 49.4 Å². The van der Waals surface area contributed by atoms with E-state index in [-0.39, 0.29) is 0 Å². The second-order valence-electron chi connectivity index (χ2n) is 6.97. The summed E-state index contributed by atoms with van der Waals surface area (Å²) in [5.41, 5.74) is 9.45. The Morgan fingerprint density at radius 2 is 1.68 bits per heavy atom. The molecule has 0 aliphatic carbocycles. The van der Waals surface area contributed by atoms with Crippen LogP contribution in [0.25, 0.3) is 0 Å². The fourth-order valence-corrected chi connectivity index (χ4v) is 3.11. The number of piperidine rings is 1. The highest BCUT2D eigenvalue weighted by atomic mass is 15.1. The van der Waals surface area contributed by atoms with Crippen molar-refractivity contribution in [2.24, 2.45) is 16.6 Å². The third-order valence-corrected chi connectivity index (χ3v) is 4.78. The molecule has 3 rings (SSSR count). The Balaban J connectivity index is 1.49. The first-order chi connectivity index (χ1) is 12.2. The summed E-state index contributed by atoms with van der Waals surface area (Å²) in [5, 5.41) is 3.10. The number of nitrogens with one attached hydrogen (secondary N) is 1. The molecule has 1 aliphatic heterocycles. The topological polar surface area (TPSA) is 53.6 Å². The second-order valence-corrected chi connectivity index (χ2v) is 6.97. The van der Waals surface area contributed by atoms with E-state index in [9.17, 15) is 0 Å². The maximum atomic E-state index is 5.95. The van der Waals surface area contributed by atoms with Crippen LogP contribution in [0.1, 0.15) is 30.9 Å². The summed E-state index contributed by atoms with van der Waals surface area (Å²) < 4.78 is 0. The number of hydrogen-bond donors (Lipinski definition) is 2. The lowest BCUT2D eigenvalue weighted by Crippen LogP contribution is -2.32. The van der Waals surface area contributed by atoms with Gasteiger partial charge in [0.2, 0.25) is 0 Å². The maximum absolute atomic E-state index is 5.95. The molecular formula is C21H28N4. The molecule has 0 atom stereocenters. The summed E-state index contributed by atoms with van der Waals surface area (Å²) in [7, 11) is 0. The van der Waals surface area contributed by atoms with Crippen molar-refractivity contribution >= 4 is 11.6 Å². The number of para-hydroxylation sites is 1. The first-order valence-electron chi connectivity index (χ1n) is 9.11. The summed E-state index contributed by atoms with van der Waals surface area (Å²) in [6.07, 6.45) is 2.64. The maximum Gasteiger partial charge on any atom is 0.193 e. The van der Waals surface area contributed by atoms with E-state index in [1.807, 2.05) is 30.3 Å². The predicted octanol–water partition coefficient (Wildman–Crippen LogP) is 3.85. The van der Waals surface area contributed by atoms with E-state index in [0.717, 1.165) is 18.2 Å². The van der Waals surface area contributed by atoms with Gasteiger partial charge >= 0.3 is 0 Å². The molecule has 0 radical (unpaired) electrons. The summed E-state index contributed by atoms with van der Waals surface area (Å²) in [5.74, 6) is 1.32. The summed E-state index contributed by atoms with van der Waals surface area (Å²) in [6.45, 7) is 6.43. The molecule has 4 heteroatoms. The molecule has 1 saturated heterocycles. The highest BCUT2D eigenvalue weighted by molar-refractivity contribution is 5.92. The summed E-state index contributed by atoms with van der Waals surface area (Å²) in [6, 6.07) is 18.6. The van der Waals surface area contributed by atoms with E-state index in [1.54, 1.807) is 0 Å². The standard InChI is InChI=1S/C21H28N4/c1-17-11-13-25(14-12-17)16-19-9-7-18(8-10-19)15-23-21(22)24-20-5-3-2-4-6-20/h2-10,17H,11-16H2,1H3,(H3,22,23,24). The normalized spacial score (nSPS) is 16.8. The Morgan fingerprint density at radius 1 is 1.04 bits per heavy atom. The van der Waals surface area contributed by atoms with Crippen molar-refractivity contribution in [3.05, 3.63) is 65.7 Å². The first-order valence-corrected chi connectivity index (χ1v) is 9.11. The Hall–Kier alpha value is -2.33. The van der Waals surface area contributed by atoms with E-state index in [2.05, 4.69) is 46.4 Å². The van der Waals surface area contributed by atoms with Crippen molar-refractivity contribution < 1.29 is 0 Å². The fraction of sp³-hybridized carbons (Fsp3) is 0.381. The van der Waals surface area contributed by atoms with Gasteiger partial charge in [-0.2, -0.15) is 0 Å². The van der Waals surface area contributed by atoms with E-state index in [0.29, 0.717) is 12.5 Å². The van der Waals surface area contributed by atoms with Crippen LogP contribution >= 0.6 is 0 Å². The minimum Gasteiger partial charge on any atom is -0.370 e.